The van der Waals surface area contributed by atoms with E-state index in [2.05, 4.69) is 24.0 Å². The summed E-state index contributed by atoms with van der Waals surface area (Å²) in [6.07, 6.45) is 1.81. The van der Waals surface area contributed by atoms with Crippen LogP contribution in [-0.4, -0.2) is 60.5 Å². The quantitative estimate of drug-likeness (QED) is 0.539. The van der Waals surface area contributed by atoms with E-state index in [9.17, 15) is 4.79 Å². The second-order valence-corrected chi connectivity index (χ2v) is 4.66. The van der Waals surface area contributed by atoms with Gasteiger partial charge in [-0.05, 0) is 7.05 Å². The predicted molar refractivity (Wildman–Crippen MR) is 64.7 cm³/mol. The Labute approximate surface area is 95.7 Å². The molecule has 0 saturated carbocycles. The number of rotatable bonds is 5. The third-order valence-corrected chi connectivity index (χ3v) is 3.19. The number of nitrogens with one attached hydrogen (secondary N) is 1. The van der Waals surface area contributed by atoms with Gasteiger partial charge in [-0.25, -0.2) is 5.01 Å². The lowest BCUT2D eigenvalue weighted by Gasteiger charge is -2.32. The molecule has 1 rings (SSSR count). The number of carbonyl (C=O) groups excluding carboxylic acids is 1. The number of hydrogen-bond acceptors (Lipinski definition) is 4. The number of piperazine rings is 1. The highest BCUT2D eigenvalue weighted by Gasteiger charge is 2.15. The molecule has 0 radical (unpaired) electrons. The first-order chi connectivity index (χ1) is 7.22. The first kappa shape index (κ1) is 12.5. The summed E-state index contributed by atoms with van der Waals surface area (Å²) in [6, 6.07) is 0. The van der Waals surface area contributed by atoms with Crippen LogP contribution in [0.15, 0.2) is 12.7 Å². The molecule has 1 aliphatic heterocycles. The fraction of sp³-hybridized carbons (Fsp3) is 0.700. The van der Waals surface area contributed by atoms with Crippen molar-refractivity contribution in [1.82, 2.24) is 15.3 Å². The van der Waals surface area contributed by atoms with E-state index in [1.807, 2.05) is 11.1 Å². The van der Waals surface area contributed by atoms with Crippen LogP contribution in [0.4, 0.5) is 0 Å². The van der Waals surface area contributed by atoms with Gasteiger partial charge in [-0.1, -0.05) is 6.08 Å². The van der Waals surface area contributed by atoms with Gasteiger partial charge in [-0.3, -0.25) is 10.2 Å². The van der Waals surface area contributed by atoms with Gasteiger partial charge in [0.1, 0.15) is 0 Å². The van der Waals surface area contributed by atoms with Crippen molar-refractivity contribution in [3.63, 3.8) is 0 Å². The molecule has 1 fully saturated rings. The summed E-state index contributed by atoms with van der Waals surface area (Å²) in [7, 11) is 2.10. The molecular formula is C10H19N3OS. The summed E-state index contributed by atoms with van der Waals surface area (Å²) in [5.41, 5.74) is 2.91. The topological polar surface area (TPSA) is 35.6 Å². The summed E-state index contributed by atoms with van der Waals surface area (Å²) in [4.78, 5) is 13.7. The van der Waals surface area contributed by atoms with Gasteiger partial charge in [0.25, 0.3) is 0 Å². The lowest BCUT2D eigenvalue weighted by Crippen LogP contribution is -2.52. The largest absolute Gasteiger partial charge is 0.304 e. The molecule has 4 nitrogen and oxygen atoms in total. The second kappa shape index (κ2) is 6.87. The number of likely N-dealkylation sites (N-methyl/N-ethyl adjacent to an activating group) is 1. The van der Waals surface area contributed by atoms with Crippen molar-refractivity contribution in [2.75, 3.05) is 44.7 Å². The Balaban J connectivity index is 2.12. The highest BCUT2D eigenvalue weighted by Crippen LogP contribution is 2.00. The average molecular weight is 229 g/mol. The third kappa shape index (κ3) is 5.20. The van der Waals surface area contributed by atoms with E-state index >= 15 is 0 Å². The smallest absolute Gasteiger partial charge is 0.244 e. The first-order valence-corrected chi connectivity index (χ1v) is 6.29. The maximum atomic E-state index is 11.4. The highest BCUT2D eigenvalue weighted by molar-refractivity contribution is 8.00. The van der Waals surface area contributed by atoms with Crippen LogP contribution >= 0.6 is 11.8 Å². The zero-order valence-electron chi connectivity index (χ0n) is 9.24. The Bertz CT molecular complexity index is 215. The minimum atomic E-state index is 0.0893. The van der Waals surface area contributed by atoms with Crippen LogP contribution in [0.5, 0.6) is 0 Å². The molecule has 0 bridgehead atoms. The molecule has 1 amide bonds. The first-order valence-electron chi connectivity index (χ1n) is 5.14. The Kier molecular flexibility index (Phi) is 5.75. The van der Waals surface area contributed by atoms with Crippen molar-refractivity contribution < 1.29 is 4.79 Å². The molecule has 0 spiro atoms. The molecule has 86 valence electrons. The van der Waals surface area contributed by atoms with Crippen LogP contribution in [0.3, 0.4) is 0 Å². The molecule has 0 aromatic rings. The molecule has 0 unspecified atom stereocenters. The van der Waals surface area contributed by atoms with Gasteiger partial charge in [0.2, 0.25) is 5.91 Å². The molecule has 0 atom stereocenters. The van der Waals surface area contributed by atoms with Gasteiger partial charge in [0.15, 0.2) is 0 Å². The van der Waals surface area contributed by atoms with E-state index in [1.165, 1.54) is 0 Å². The third-order valence-electron chi connectivity index (χ3n) is 2.25. The standard InChI is InChI=1S/C10H19N3OS/c1-3-8-15-9-10(14)11-13-6-4-12(2)5-7-13/h3H,1,4-9H2,2H3,(H,11,14). The summed E-state index contributed by atoms with van der Waals surface area (Å²) < 4.78 is 0. The average Bonchev–Trinajstić information content (AvgIpc) is 2.22. The lowest BCUT2D eigenvalue weighted by molar-refractivity contribution is -0.124. The monoisotopic (exact) mass is 229 g/mol. The summed E-state index contributed by atoms with van der Waals surface area (Å²) in [5, 5.41) is 2.00. The van der Waals surface area contributed by atoms with E-state index in [-0.39, 0.29) is 5.91 Å². The van der Waals surface area contributed by atoms with Crippen molar-refractivity contribution in [3.8, 4) is 0 Å². The molecule has 1 N–H and O–H groups in total. The molecular weight excluding hydrogens is 210 g/mol. The van der Waals surface area contributed by atoms with E-state index in [0.29, 0.717) is 5.75 Å². The molecule has 0 aromatic heterocycles. The van der Waals surface area contributed by atoms with E-state index < -0.39 is 0 Å². The fourth-order valence-electron chi connectivity index (χ4n) is 1.36. The molecule has 0 aromatic carbocycles. The minimum Gasteiger partial charge on any atom is -0.304 e. The maximum absolute atomic E-state index is 11.4. The molecule has 5 heteroatoms. The number of carbonyl (C=O) groups is 1. The molecule has 15 heavy (non-hydrogen) atoms. The zero-order valence-corrected chi connectivity index (χ0v) is 10.1. The van der Waals surface area contributed by atoms with Crippen LogP contribution in [0.25, 0.3) is 0 Å². The normalized spacial score (nSPS) is 18.7. The van der Waals surface area contributed by atoms with E-state index in [4.69, 9.17) is 0 Å². The minimum absolute atomic E-state index is 0.0893. The van der Waals surface area contributed by atoms with Crippen molar-refractivity contribution in [2.45, 2.75) is 0 Å². The van der Waals surface area contributed by atoms with Gasteiger partial charge >= 0.3 is 0 Å². The maximum Gasteiger partial charge on any atom is 0.244 e. The van der Waals surface area contributed by atoms with Gasteiger partial charge in [0, 0.05) is 31.9 Å². The number of amides is 1. The van der Waals surface area contributed by atoms with Crippen LogP contribution in [0.1, 0.15) is 0 Å². The van der Waals surface area contributed by atoms with Crippen LogP contribution < -0.4 is 5.43 Å². The highest BCUT2D eigenvalue weighted by atomic mass is 32.2. The van der Waals surface area contributed by atoms with Crippen molar-refractivity contribution in [2.24, 2.45) is 0 Å². The summed E-state index contributed by atoms with van der Waals surface area (Å²) in [6.45, 7) is 7.46. The zero-order chi connectivity index (χ0) is 11.1. The molecule has 1 aliphatic rings. The molecule has 1 saturated heterocycles. The Hall–Kier alpha value is -0.520. The molecule has 1 heterocycles. The Morgan fingerprint density at radius 2 is 2.13 bits per heavy atom. The van der Waals surface area contributed by atoms with Crippen LogP contribution in [-0.2, 0) is 4.79 Å². The van der Waals surface area contributed by atoms with Crippen molar-refractivity contribution in [1.29, 1.82) is 0 Å². The van der Waals surface area contributed by atoms with Gasteiger partial charge in [0.05, 0.1) is 5.75 Å². The SMILES string of the molecule is C=CCSCC(=O)NN1CCN(C)CC1. The van der Waals surface area contributed by atoms with Crippen molar-refractivity contribution >= 4 is 17.7 Å². The Morgan fingerprint density at radius 3 is 2.73 bits per heavy atom. The summed E-state index contributed by atoms with van der Waals surface area (Å²) in [5.74, 6) is 1.43. The van der Waals surface area contributed by atoms with Gasteiger partial charge in [-0.2, -0.15) is 0 Å². The lowest BCUT2D eigenvalue weighted by atomic mass is 10.4. The van der Waals surface area contributed by atoms with E-state index in [0.717, 1.165) is 31.9 Å². The summed E-state index contributed by atoms with van der Waals surface area (Å²) >= 11 is 1.58. The molecule has 0 aliphatic carbocycles. The van der Waals surface area contributed by atoms with Crippen LogP contribution in [0, 0.1) is 0 Å². The van der Waals surface area contributed by atoms with E-state index in [1.54, 1.807) is 11.8 Å². The predicted octanol–water partition coefficient (Wildman–Crippen LogP) is 0.184. The van der Waals surface area contributed by atoms with Gasteiger partial charge < -0.3 is 4.90 Å². The number of nitrogens with zero attached hydrogens (tertiary/aromatic N) is 2. The fourth-order valence-corrected chi connectivity index (χ4v) is 1.90. The number of hydrogen-bond donors (Lipinski definition) is 1. The number of hydrazine groups is 1. The van der Waals surface area contributed by atoms with Crippen LogP contribution in [0.2, 0.25) is 0 Å². The second-order valence-electron chi connectivity index (χ2n) is 3.63. The Morgan fingerprint density at radius 1 is 1.47 bits per heavy atom. The van der Waals surface area contributed by atoms with Gasteiger partial charge in [-0.15, -0.1) is 18.3 Å². The number of thioether (sulfide) groups is 1. The van der Waals surface area contributed by atoms with Crippen molar-refractivity contribution in [3.05, 3.63) is 12.7 Å².